The maximum absolute atomic E-state index is 11.3. The van der Waals surface area contributed by atoms with Crippen LogP contribution in [-0.2, 0) is 0 Å². The van der Waals surface area contributed by atoms with E-state index in [0.717, 1.165) is 24.3 Å². The van der Waals surface area contributed by atoms with Crippen molar-refractivity contribution in [3.05, 3.63) is 82.9 Å². The van der Waals surface area contributed by atoms with Crippen LogP contribution in [-0.4, -0.2) is 44.3 Å². The van der Waals surface area contributed by atoms with E-state index in [-0.39, 0.29) is 22.6 Å². The molecule has 32 heavy (non-hydrogen) atoms. The first-order valence-corrected chi connectivity index (χ1v) is 8.82. The summed E-state index contributed by atoms with van der Waals surface area (Å²) in [7, 11) is 0. The molecule has 0 unspecified atom stereocenters. The SMILES string of the molecule is O=C(O)c1ccc(Oc2ccc(Oc3ccc(C(=O)O)c(C(=O)O)c3)cc2)cc1C(=O)O. The molecule has 0 aliphatic carbocycles. The highest BCUT2D eigenvalue weighted by atomic mass is 16.5. The van der Waals surface area contributed by atoms with E-state index in [0.29, 0.717) is 11.5 Å². The zero-order chi connectivity index (χ0) is 23.4. The van der Waals surface area contributed by atoms with Crippen molar-refractivity contribution in [3.8, 4) is 23.0 Å². The summed E-state index contributed by atoms with van der Waals surface area (Å²) in [6, 6.07) is 13.0. The van der Waals surface area contributed by atoms with Crippen molar-refractivity contribution in [2.75, 3.05) is 0 Å². The van der Waals surface area contributed by atoms with E-state index in [1.807, 2.05) is 0 Å². The van der Waals surface area contributed by atoms with Crippen molar-refractivity contribution in [2.45, 2.75) is 0 Å². The highest BCUT2D eigenvalue weighted by Gasteiger charge is 2.18. The number of carbonyl (C=O) groups is 4. The van der Waals surface area contributed by atoms with Gasteiger partial charge in [0.15, 0.2) is 0 Å². The highest BCUT2D eigenvalue weighted by molar-refractivity contribution is 6.02. The van der Waals surface area contributed by atoms with Gasteiger partial charge in [0, 0.05) is 0 Å². The van der Waals surface area contributed by atoms with Gasteiger partial charge in [-0.1, -0.05) is 0 Å². The number of carboxylic acids is 4. The average molecular weight is 438 g/mol. The molecule has 10 nitrogen and oxygen atoms in total. The largest absolute Gasteiger partial charge is 0.478 e. The monoisotopic (exact) mass is 438 g/mol. The van der Waals surface area contributed by atoms with Crippen molar-refractivity contribution in [2.24, 2.45) is 0 Å². The van der Waals surface area contributed by atoms with Gasteiger partial charge in [0.1, 0.15) is 23.0 Å². The summed E-state index contributed by atoms with van der Waals surface area (Å²) in [6.45, 7) is 0. The average Bonchev–Trinajstić information content (AvgIpc) is 2.74. The van der Waals surface area contributed by atoms with Gasteiger partial charge in [-0.05, 0) is 60.7 Å². The highest BCUT2D eigenvalue weighted by Crippen LogP contribution is 2.29. The van der Waals surface area contributed by atoms with Crippen LogP contribution in [0.3, 0.4) is 0 Å². The number of carboxylic acid groups (broad SMARTS) is 4. The fourth-order valence-corrected chi connectivity index (χ4v) is 2.75. The molecule has 3 aromatic carbocycles. The Bertz CT molecular complexity index is 1130. The van der Waals surface area contributed by atoms with Gasteiger partial charge in [0.2, 0.25) is 0 Å². The lowest BCUT2D eigenvalue weighted by Crippen LogP contribution is -2.08. The van der Waals surface area contributed by atoms with Gasteiger partial charge >= 0.3 is 23.9 Å². The second kappa shape index (κ2) is 8.88. The lowest BCUT2D eigenvalue weighted by Gasteiger charge is -2.10. The first-order valence-electron chi connectivity index (χ1n) is 8.82. The van der Waals surface area contributed by atoms with Crippen LogP contribution in [0.4, 0.5) is 0 Å². The van der Waals surface area contributed by atoms with Crippen LogP contribution in [0.25, 0.3) is 0 Å². The Kier molecular flexibility index (Phi) is 6.06. The van der Waals surface area contributed by atoms with Crippen molar-refractivity contribution >= 4 is 23.9 Å². The molecule has 0 atom stereocenters. The Morgan fingerprint density at radius 1 is 0.438 bits per heavy atom. The number of aromatic carboxylic acids is 4. The minimum Gasteiger partial charge on any atom is -0.478 e. The van der Waals surface area contributed by atoms with Crippen LogP contribution >= 0.6 is 0 Å². The molecular weight excluding hydrogens is 424 g/mol. The number of hydrogen-bond acceptors (Lipinski definition) is 6. The summed E-state index contributed by atoms with van der Waals surface area (Å²) in [4.78, 5) is 44.8. The predicted octanol–water partition coefficient (Wildman–Crippen LogP) is 4.06. The van der Waals surface area contributed by atoms with Crippen LogP contribution in [0.5, 0.6) is 23.0 Å². The maximum Gasteiger partial charge on any atom is 0.336 e. The second-order valence-corrected chi connectivity index (χ2v) is 6.31. The molecule has 0 saturated heterocycles. The summed E-state index contributed by atoms with van der Waals surface area (Å²) in [5.74, 6) is -4.77. The number of hydrogen-bond donors (Lipinski definition) is 4. The predicted molar refractivity (Wildman–Crippen MR) is 107 cm³/mol. The summed E-state index contributed by atoms with van der Waals surface area (Å²) in [6.07, 6.45) is 0. The topological polar surface area (TPSA) is 168 Å². The molecule has 10 heteroatoms. The molecule has 0 fully saturated rings. The molecule has 0 aromatic heterocycles. The van der Waals surface area contributed by atoms with Crippen LogP contribution in [0.1, 0.15) is 41.4 Å². The minimum absolute atomic E-state index is 0.108. The summed E-state index contributed by atoms with van der Waals surface area (Å²) < 4.78 is 11.1. The molecule has 0 heterocycles. The van der Waals surface area contributed by atoms with Crippen molar-refractivity contribution < 1.29 is 49.1 Å². The minimum atomic E-state index is -1.41. The Labute approximate surface area is 179 Å². The molecule has 162 valence electrons. The lowest BCUT2D eigenvalue weighted by molar-refractivity contribution is 0.0651. The molecule has 0 aliphatic heterocycles. The van der Waals surface area contributed by atoms with E-state index in [2.05, 4.69) is 0 Å². The van der Waals surface area contributed by atoms with Crippen LogP contribution in [0.15, 0.2) is 60.7 Å². The van der Waals surface area contributed by atoms with E-state index in [4.69, 9.17) is 19.7 Å². The Morgan fingerprint density at radius 2 is 0.719 bits per heavy atom. The molecule has 0 amide bonds. The van der Waals surface area contributed by atoms with E-state index >= 15 is 0 Å². The number of ether oxygens (including phenoxy) is 2. The molecule has 3 aromatic rings. The first-order chi connectivity index (χ1) is 15.2. The second-order valence-electron chi connectivity index (χ2n) is 6.31. The molecular formula is C22H14O10. The van der Waals surface area contributed by atoms with Gasteiger partial charge in [-0.2, -0.15) is 0 Å². The third-order valence-corrected chi connectivity index (χ3v) is 4.20. The Balaban J connectivity index is 1.78. The van der Waals surface area contributed by atoms with E-state index < -0.39 is 35.0 Å². The Hall–Kier alpha value is -4.86. The number of rotatable bonds is 8. The lowest BCUT2D eigenvalue weighted by atomic mass is 10.1. The van der Waals surface area contributed by atoms with Gasteiger partial charge in [-0.3, -0.25) is 0 Å². The van der Waals surface area contributed by atoms with Gasteiger partial charge < -0.3 is 29.9 Å². The summed E-state index contributed by atoms with van der Waals surface area (Å²) >= 11 is 0. The number of benzene rings is 3. The maximum atomic E-state index is 11.3. The van der Waals surface area contributed by atoms with Crippen molar-refractivity contribution in [1.82, 2.24) is 0 Å². The summed E-state index contributed by atoms with van der Waals surface area (Å²) in [5, 5.41) is 36.5. The molecule has 0 spiro atoms. The van der Waals surface area contributed by atoms with Gasteiger partial charge in [-0.15, -0.1) is 0 Å². The standard InChI is InChI=1S/C22H14O10/c23-19(24)15-7-5-13(9-17(15)21(27)28)31-11-1-2-12(4-3-11)32-14-6-8-16(20(25)26)18(10-14)22(29)30/h1-10H,(H,23,24)(H,25,26)(H,27,28)(H,29,30). The smallest absolute Gasteiger partial charge is 0.336 e. The molecule has 0 bridgehead atoms. The first kappa shape index (κ1) is 21.8. The third-order valence-electron chi connectivity index (χ3n) is 4.20. The van der Waals surface area contributed by atoms with Gasteiger partial charge in [0.05, 0.1) is 22.3 Å². The van der Waals surface area contributed by atoms with Gasteiger partial charge in [0.25, 0.3) is 0 Å². The van der Waals surface area contributed by atoms with E-state index in [1.54, 1.807) is 0 Å². The normalized spacial score (nSPS) is 10.2. The Morgan fingerprint density at radius 3 is 1.00 bits per heavy atom. The van der Waals surface area contributed by atoms with Crippen LogP contribution < -0.4 is 9.47 Å². The van der Waals surface area contributed by atoms with E-state index in [9.17, 15) is 29.4 Å². The quantitative estimate of drug-likeness (QED) is 0.402. The summed E-state index contributed by atoms with van der Waals surface area (Å²) in [5.41, 5.74) is -1.59. The fraction of sp³-hybridized carbons (Fsp3) is 0. The fourth-order valence-electron chi connectivity index (χ4n) is 2.75. The zero-order valence-corrected chi connectivity index (χ0v) is 16.0. The molecule has 0 aliphatic rings. The van der Waals surface area contributed by atoms with E-state index in [1.165, 1.54) is 36.4 Å². The van der Waals surface area contributed by atoms with Crippen molar-refractivity contribution in [3.63, 3.8) is 0 Å². The molecule has 3 rings (SSSR count). The van der Waals surface area contributed by atoms with Crippen LogP contribution in [0.2, 0.25) is 0 Å². The molecule has 0 radical (unpaired) electrons. The molecule has 0 saturated carbocycles. The third kappa shape index (κ3) is 4.82. The zero-order valence-electron chi connectivity index (χ0n) is 16.0. The molecule has 4 N–H and O–H groups in total. The van der Waals surface area contributed by atoms with Crippen molar-refractivity contribution in [1.29, 1.82) is 0 Å². The van der Waals surface area contributed by atoms with Crippen LogP contribution in [0, 0.1) is 0 Å². The van der Waals surface area contributed by atoms with Gasteiger partial charge in [-0.25, -0.2) is 19.2 Å².